The molecule has 0 bridgehead atoms. The quantitative estimate of drug-likeness (QED) is 0.468. The molecule has 2 rings (SSSR count). The van der Waals surface area contributed by atoms with E-state index in [4.69, 9.17) is 19.1 Å². The average Bonchev–Trinajstić information content (AvgIpc) is 2.51. The Hall–Kier alpha value is -2.38. The summed E-state index contributed by atoms with van der Waals surface area (Å²) in [5, 5.41) is 0. The molecule has 2 unspecified atom stereocenters. The molecule has 2 atom stereocenters. The normalized spacial score (nSPS) is 23.3. The second-order valence-electron chi connectivity index (χ2n) is 5.50. The first kappa shape index (κ1) is 17.0. The fourth-order valence-corrected chi connectivity index (χ4v) is 1.86. The van der Waals surface area contributed by atoms with Crippen LogP contribution in [0, 0.1) is 0 Å². The molecule has 0 radical (unpaired) electrons. The molecule has 0 amide bonds. The molecule has 1 aliphatic rings. The Morgan fingerprint density at radius 1 is 1.30 bits per heavy atom. The van der Waals surface area contributed by atoms with Crippen molar-refractivity contribution in [2.75, 3.05) is 0 Å². The monoisotopic (exact) mass is 322 g/mol. The van der Waals surface area contributed by atoms with E-state index >= 15 is 0 Å². The summed E-state index contributed by atoms with van der Waals surface area (Å²) in [6.45, 7) is 8.09. The number of carbonyl (C=O) groups excluding carboxylic acids is 2. The first-order valence-corrected chi connectivity index (χ1v) is 6.92. The van der Waals surface area contributed by atoms with E-state index in [0.717, 1.165) is 11.6 Å². The Morgan fingerprint density at radius 2 is 1.96 bits per heavy atom. The summed E-state index contributed by atoms with van der Waals surface area (Å²) in [4.78, 5) is 32.5. The number of ether oxygens (including phenoxy) is 3. The van der Waals surface area contributed by atoms with Gasteiger partial charge in [0.1, 0.15) is 5.60 Å². The van der Waals surface area contributed by atoms with Crippen LogP contribution in [0.1, 0.15) is 26.3 Å². The molecular weight excluding hydrogens is 304 g/mol. The lowest BCUT2D eigenvalue weighted by Gasteiger charge is -2.41. The minimum atomic E-state index is -1.58. The SMILES string of the molecule is C=CC(=O)OC1OOC1(C)OC(=O)OC(C)(C)c1ccccc1. The molecule has 23 heavy (non-hydrogen) atoms. The predicted molar refractivity (Wildman–Crippen MR) is 77.7 cm³/mol. The van der Waals surface area contributed by atoms with Gasteiger partial charge in [0, 0.05) is 13.0 Å². The maximum atomic E-state index is 12.0. The van der Waals surface area contributed by atoms with Gasteiger partial charge >= 0.3 is 24.2 Å². The first-order valence-electron chi connectivity index (χ1n) is 6.92. The van der Waals surface area contributed by atoms with Crippen molar-refractivity contribution in [2.45, 2.75) is 38.4 Å². The highest BCUT2D eigenvalue weighted by molar-refractivity contribution is 5.81. The molecule has 0 spiro atoms. The van der Waals surface area contributed by atoms with Gasteiger partial charge < -0.3 is 14.2 Å². The van der Waals surface area contributed by atoms with Gasteiger partial charge in [0.05, 0.1) is 0 Å². The van der Waals surface area contributed by atoms with E-state index in [0.29, 0.717) is 0 Å². The van der Waals surface area contributed by atoms with E-state index in [9.17, 15) is 9.59 Å². The molecule has 124 valence electrons. The van der Waals surface area contributed by atoms with Gasteiger partial charge in [-0.15, -0.1) is 0 Å². The number of hydrogen-bond donors (Lipinski definition) is 0. The van der Waals surface area contributed by atoms with E-state index in [1.54, 1.807) is 13.8 Å². The van der Waals surface area contributed by atoms with Crippen LogP contribution in [0.2, 0.25) is 0 Å². The van der Waals surface area contributed by atoms with Crippen LogP contribution in [0.15, 0.2) is 43.0 Å². The van der Waals surface area contributed by atoms with Crippen molar-refractivity contribution in [3.05, 3.63) is 48.6 Å². The minimum Gasteiger partial charge on any atom is -0.423 e. The van der Waals surface area contributed by atoms with Gasteiger partial charge in [-0.2, -0.15) is 9.78 Å². The van der Waals surface area contributed by atoms with Gasteiger partial charge in [0.2, 0.25) is 0 Å². The minimum absolute atomic E-state index is 0.730. The van der Waals surface area contributed by atoms with Gasteiger partial charge in [-0.05, 0) is 19.4 Å². The Balaban J connectivity index is 1.96. The van der Waals surface area contributed by atoms with Gasteiger partial charge in [0.25, 0.3) is 0 Å². The summed E-state index contributed by atoms with van der Waals surface area (Å²) < 4.78 is 15.2. The zero-order valence-electron chi connectivity index (χ0n) is 13.1. The van der Waals surface area contributed by atoms with Crippen LogP contribution in [-0.4, -0.2) is 24.2 Å². The smallest absolute Gasteiger partial charge is 0.423 e. The van der Waals surface area contributed by atoms with Crippen molar-refractivity contribution in [1.82, 2.24) is 0 Å². The molecule has 7 heteroatoms. The number of esters is 1. The fraction of sp³-hybridized carbons (Fsp3) is 0.375. The summed E-state index contributed by atoms with van der Waals surface area (Å²) in [5.41, 5.74) is -0.116. The van der Waals surface area contributed by atoms with E-state index in [1.165, 1.54) is 6.92 Å². The van der Waals surface area contributed by atoms with Crippen LogP contribution < -0.4 is 0 Å². The molecule has 1 fully saturated rings. The van der Waals surface area contributed by atoms with Crippen molar-refractivity contribution >= 4 is 12.1 Å². The molecule has 0 N–H and O–H groups in total. The molecule has 0 aliphatic carbocycles. The third-order valence-electron chi connectivity index (χ3n) is 3.21. The third kappa shape index (κ3) is 3.88. The number of carbonyl (C=O) groups is 2. The fourth-order valence-electron chi connectivity index (χ4n) is 1.86. The summed E-state index contributed by atoms with van der Waals surface area (Å²) >= 11 is 0. The van der Waals surface area contributed by atoms with Crippen LogP contribution in [0.3, 0.4) is 0 Å². The summed E-state index contributed by atoms with van der Waals surface area (Å²) in [6.07, 6.45) is -1.22. The summed E-state index contributed by atoms with van der Waals surface area (Å²) in [7, 11) is 0. The molecule has 1 aliphatic heterocycles. The van der Waals surface area contributed by atoms with Crippen LogP contribution >= 0.6 is 0 Å². The van der Waals surface area contributed by atoms with Crippen molar-refractivity contribution in [1.29, 1.82) is 0 Å². The topological polar surface area (TPSA) is 80.3 Å². The highest BCUT2D eigenvalue weighted by atomic mass is 17.3. The Bertz CT molecular complexity index is 596. The summed E-state index contributed by atoms with van der Waals surface area (Å²) in [6, 6.07) is 9.18. The number of hydrogen-bond acceptors (Lipinski definition) is 7. The Labute approximate surface area is 133 Å². The second-order valence-corrected chi connectivity index (χ2v) is 5.50. The molecule has 0 aromatic heterocycles. The van der Waals surface area contributed by atoms with Crippen molar-refractivity contribution in [3.63, 3.8) is 0 Å². The molecule has 1 aromatic carbocycles. The second kappa shape index (κ2) is 6.39. The third-order valence-corrected chi connectivity index (χ3v) is 3.21. The molecule has 1 aromatic rings. The van der Waals surface area contributed by atoms with Gasteiger partial charge in [-0.1, -0.05) is 36.9 Å². The standard InChI is InChI=1S/C16H18O7/c1-5-12(17)19-13-16(4,23-22-13)21-14(18)20-15(2,3)11-9-7-6-8-10-11/h5-10,13H,1H2,2-4H3. The maximum Gasteiger partial charge on any atom is 0.512 e. The predicted octanol–water partition coefficient (Wildman–Crippen LogP) is 2.81. The van der Waals surface area contributed by atoms with Gasteiger partial charge in [-0.25, -0.2) is 9.59 Å². The van der Waals surface area contributed by atoms with Crippen LogP contribution in [-0.2, 0) is 34.4 Å². The van der Waals surface area contributed by atoms with E-state index in [2.05, 4.69) is 11.5 Å². The van der Waals surface area contributed by atoms with Crippen molar-refractivity contribution < 1.29 is 33.6 Å². The van der Waals surface area contributed by atoms with Crippen LogP contribution in [0.5, 0.6) is 0 Å². The average molecular weight is 322 g/mol. The first-order chi connectivity index (χ1) is 10.8. The largest absolute Gasteiger partial charge is 0.512 e. The van der Waals surface area contributed by atoms with Crippen LogP contribution in [0.4, 0.5) is 4.79 Å². The molecular formula is C16H18O7. The lowest BCUT2D eigenvalue weighted by Crippen LogP contribution is -2.58. The highest BCUT2D eigenvalue weighted by Gasteiger charge is 2.55. The Morgan fingerprint density at radius 3 is 2.48 bits per heavy atom. The summed E-state index contributed by atoms with van der Waals surface area (Å²) in [5.74, 6) is -2.31. The number of benzene rings is 1. The zero-order chi connectivity index (χ0) is 17.1. The molecule has 7 nitrogen and oxygen atoms in total. The zero-order valence-corrected chi connectivity index (χ0v) is 13.1. The van der Waals surface area contributed by atoms with Gasteiger partial charge in [0.15, 0.2) is 0 Å². The van der Waals surface area contributed by atoms with Crippen molar-refractivity contribution in [3.8, 4) is 0 Å². The number of rotatable bonds is 5. The molecule has 0 saturated carbocycles. The lowest BCUT2D eigenvalue weighted by atomic mass is 9.98. The van der Waals surface area contributed by atoms with Crippen LogP contribution in [0.25, 0.3) is 0 Å². The van der Waals surface area contributed by atoms with Crippen molar-refractivity contribution in [2.24, 2.45) is 0 Å². The maximum absolute atomic E-state index is 12.0. The molecule has 1 saturated heterocycles. The van der Waals surface area contributed by atoms with Gasteiger partial charge in [-0.3, -0.25) is 0 Å². The Kier molecular flexibility index (Phi) is 4.72. The lowest BCUT2D eigenvalue weighted by molar-refractivity contribution is -0.595. The van der Waals surface area contributed by atoms with E-state index in [1.807, 2.05) is 30.3 Å². The molecule has 1 heterocycles. The highest BCUT2D eigenvalue weighted by Crippen LogP contribution is 2.34. The van der Waals surface area contributed by atoms with E-state index in [-0.39, 0.29) is 0 Å². The van der Waals surface area contributed by atoms with E-state index < -0.39 is 29.8 Å².